The maximum absolute atomic E-state index is 12.6. The molecule has 2 aliphatic heterocycles. The van der Waals surface area contributed by atoms with Gasteiger partial charge in [0.2, 0.25) is 0 Å². The van der Waals surface area contributed by atoms with Gasteiger partial charge in [-0.05, 0) is 24.5 Å². The minimum Gasteiger partial charge on any atom is -0.363 e. The third kappa shape index (κ3) is 2.51. The lowest BCUT2D eigenvalue weighted by Gasteiger charge is -2.35. The van der Waals surface area contributed by atoms with E-state index in [1.54, 1.807) is 0 Å². The molecular formula is C15H20N2O2. The summed E-state index contributed by atoms with van der Waals surface area (Å²) in [5.41, 5.74) is 2.29. The molecule has 1 aromatic rings. The van der Waals surface area contributed by atoms with Crippen LogP contribution in [-0.2, 0) is 16.0 Å². The van der Waals surface area contributed by atoms with E-state index in [0.29, 0.717) is 12.6 Å². The summed E-state index contributed by atoms with van der Waals surface area (Å²) in [4.78, 5) is 14.6. The highest BCUT2D eigenvalue weighted by Gasteiger charge is 2.32. The largest absolute Gasteiger partial charge is 0.363 e. The molecule has 0 aliphatic carbocycles. The zero-order valence-corrected chi connectivity index (χ0v) is 11.3. The number of benzene rings is 1. The van der Waals surface area contributed by atoms with Crippen molar-refractivity contribution in [1.29, 1.82) is 0 Å². The number of hydrogen-bond acceptors (Lipinski definition) is 3. The van der Waals surface area contributed by atoms with Crippen molar-refractivity contribution in [2.45, 2.75) is 25.5 Å². The molecule has 2 unspecified atom stereocenters. The van der Waals surface area contributed by atoms with Gasteiger partial charge in [-0.2, -0.15) is 0 Å². The second-order valence-corrected chi connectivity index (χ2v) is 5.34. The number of hydrogen-bond donors (Lipinski definition) is 1. The van der Waals surface area contributed by atoms with E-state index in [2.05, 4.69) is 18.3 Å². The van der Waals surface area contributed by atoms with Gasteiger partial charge in [0.15, 0.2) is 6.10 Å². The molecule has 1 fully saturated rings. The molecule has 4 heteroatoms. The van der Waals surface area contributed by atoms with E-state index in [4.69, 9.17) is 4.74 Å². The number of nitrogens with one attached hydrogen (secondary N) is 1. The van der Waals surface area contributed by atoms with Crippen LogP contribution in [0.2, 0.25) is 0 Å². The van der Waals surface area contributed by atoms with Crippen molar-refractivity contribution in [2.24, 2.45) is 0 Å². The minimum atomic E-state index is -0.407. The zero-order chi connectivity index (χ0) is 13.2. The zero-order valence-electron chi connectivity index (χ0n) is 11.3. The predicted molar refractivity (Wildman–Crippen MR) is 72.9 cm³/mol. The fraction of sp³-hybridized carbons (Fsp3) is 0.533. The SMILES string of the molecule is CC1CN(C(=O)C2OCCc3ccccc32)CCN1. The van der Waals surface area contributed by atoms with Crippen LogP contribution in [0.25, 0.3) is 0 Å². The molecule has 1 amide bonds. The highest BCUT2D eigenvalue weighted by atomic mass is 16.5. The first kappa shape index (κ1) is 12.6. The van der Waals surface area contributed by atoms with Crippen LogP contribution in [0.3, 0.4) is 0 Å². The maximum atomic E-state index is 12.6. The number of carbonyl (C=O) groups is 1. The molecular weight excluding hydrogens is 240 g/mol. The highest BCUT2D eigenvalue weighted by Crippen LogP contribution is 2.28. The Morgan fingerprint density at radius 1 is 1.42 bits per heavy atom. The van der Waals surface area contributed by atoms with Crippen LogP contribution >= 0.6 is 0 Å². The van der Waals surface area contributed by atoms with Crippen LogP contribution in [0.5, 0.6) is 0 Å². The van der Waals surface area contributed by atoms with Crippen molar-refractivity contribution >= 4 is 5.91 Å². The van der Waals surface area contributed by atoms with Gasteiger partial charge in [-0.15, -0.1) is 0 Å². The highest BCUT2D eigenvalue weighted by molar-refractivity contribution is 5.83. The van der Waals surface area contributed by atoms with Gasteiger partial charge >= 0.3 is 0 Å². The molecule has 4 nitrogen and oxygen atoms in total. The molecule has 0 saturated carbocycles. The Balaban J connectivity index is 1.81. The van der Waals surface area contributed by atoms with E-state index < -0.39 is 6.10 Å². The second-order valence-electron chi connectivity index (χ2n) is 5.34. The van der Waals surface area contributed by atoms with E-state index in [1.165, 1.54) is 5.56 Å². The first-order chi connectivity index (χ1) is 9.25. The number of carbonyl (C=O) groups excluding carboxylic acids is 1. The summed E-state index contributed by atoms with van der Waals surface area (Å²) in [5, 5.41) is 3.35. The summed E-state index contributed by atoms with van der Waals surface area (Å²) in [5.74, 6) is 0.112. The van der Waals surface area contributed by atoms with Crippen LogP contribution in [0.1, 0.15) is 24.2 Å². The van der Waals surface area contributed by atoms with Crippen LogP contribution in [0.15, 0.2) is 24.3 Å². The summed E-state index contributed by atoms with van der Waals surface area (Å²) >= 11 is 0. The molecule has 2 atom stereocenters. The third-order valence-electron chi connectivity index (χ3n) is 3.90. The van der Waals surface area contributed by atoms with Crippen LogP contribution in [0.4, 0.5) is 0 Å². The molecule has 19 heavy (non-hydrogen) atoms. The smallest absolute Gasteiger partial charge is 0.256 e. The van der Waals surface area contributed by atoms with E-state index in [-0.39, 0.29) is 5.91 Å². The molecule has 0 radical (unpaired) electrons. The lowest BCUT2D eigenvalue weighted by atomic mass is 9.96. The minimum absolute atomic E-state index is 0.112. The maximum Gasteiger partial charge on any atom is 0.256 e. The average molecular weight is 260 g/mol. The number of amides is 1. The first-order valence-electron chi connectivity index (χ1n) is 6.97. The summed E-state index contributed by atoms with van der Waals surface area (Å²) < 4.78 is 5.74. The third-order valence-corrected chi connectivity index (χ3v) is 3.90. The number of fused-ring (bicyclic) bond motifs is 1. The summed E-state index contributed by atoms with van der Waals surface area (Å²) in [7, 11) is 0. The Labute approximate surface area is 113 Å². The molecule has 0 spiro atoms. The van der Waals surface area contributed by atoms with Gasteiger partial charge in [-0.25, -0.2) is 0 Å². The fourth-order valence-electron chi connectivity index (χ4n) is 2.90. The lowest BCUT2D eigenvalue weighted by Crippen LogP contribution is -2.53. The number of piperazine rings is 1. The Morgan fingerprint density at radius 3 is 3.11 bits per heavy atom. The van der Waals surface area contributed by atoms with E-state index in [0.717, 1.165) is 31.6 Å². The van der Waals surface area contributed by atoms with Crippen molar-refractivity contribution in [3.63, 3.8) is 0 Å². The quantitative estimate of drug-likeness (QED) is 0.823. The van der Waals surface area contributed by atoms with Gasteiger partial charge in [0.1, 0.15) is 0 Å². The van der Waals surface area contributed by atoms with Crippen LogP contribution < -0.4 is 5.32 Å². The molecule has 2 aliphatic rings. The summed E-state index contributed by atoms with van der Waals surface area (Å²) in [6.45, 7) is 5.14. The molecule has 0 bridgehead atoms. The topological polar surface area (TPSA) is 41.6 Å². The molecule has 102 valence electrons. The Morgan fingerprint density at radius 2 is 2.26 bits per heavy atom. The Hall–Kier alpha value is -1.39. The molecule has 1 saturated heterocycles. The fourth-order valence-corrected chi connectivity index (χ4v) is 2.90. The molecule has 0 aromatic heterocycles. The van der Waals surface area contributed by atoms with Gasteiger partial charge in [0.05, 0.1) is 6.61 Å². The van der Waals surface area contributed by atoms with Gasteiger partial charge in [-0.3, -0.25) is 4.79 Å². The van der Waals surface area contributed by atoms with Gasteiger partial charge < -0.3 is 15.0 Å². The molecule has 3 rings (SSSR count). The monoisotopic (exact) mass is 260 g/mol. The normalized spacial score (nSPS) is 26.9. The van der Waals surface area contributed by atoms with Crippen molar-refractivity contribution < 1.29 is 9.53 Å². The second kappa shape index (κ2) is 5.31. The summed E-state index contributed by atoms with van der Waals surface area (Å²) in [6, 6.07) is 8.48. The van der Waals surface area contributed by atoms with Crippen molar-refractivity contribution in [2.75, 3.05) is 26.2 Å². The van der Waals surface area contributed by atoms with E-state index >= 15 is 0 Å². The predicted octanol–water partition coefficient (Wildman–Crippen LogP) is 1.12. The number of nitrogens with zero attached hydrogens (tertiary/aromatic N) is 1. The van der Waals surface area contributed by atoms with Crippen molar-refractivity contribution in [3.05, 3.63) is 35.4 Å². The summed E-state index contributed by atoms with van der Waals surface area (Å²) in [6.07, 6.45) is 0.494. The Bertz CT molecular complexity index is 475. The van der Waals surface area contributed by atoms with E-state index in [1.807, 2.05) is 23.1 Å². The van der Waals surface area contributed by atoms with Crippen molar-refractivity contribution in [1.82, 2.24) is 10.2 Å². The Kier molecular flexibility index (Phi) is 3.53. The van der Waals surface area contributed by atoms with Gasteiger partial charge in [0, 0.05) is 25.7 Å². The number of ether oxygens (including phenoxy) is 1. The van der Waals surface area contributed by atoms with Crippen LogP contribution in [-0.4, -0.2) is 43.1 Å². The first-order valence-corrected chi connectivity index (χ1v) is 6.97. The molecule has 1 aromatic carbocycles. The van der Waals surface area contributed by atoms with Gasteiger partial charge in [-0.1, -0.05) is 24.3 Å². The standard InChI is InChI=1S/C15H20N2O2/c1-11-10-17(8-7-16-11)15(18)14-13-5-3-2-4-12(13)6-9-19-14/h2-5,11,14,16H,6-10H2,1H3. The van der Waals surface area contributed by atoms with E-state index in [9.17, 15) is 4.79 Å². The van der Waals surface area contributed by atoms with Crippen LogP contribution in [0, 0.1) is 0 Å². The number of rotatable bonds is 1. The van der Waals surface area contributed by atoms with Gasteiger partial charge in [0.25, 0.3) is 5.91 Å². The average Bonchev–Trinajstić information content (AvgIpc) is 2.46. The van der Waals surface area contributed by atoms with Crippen molar-refractivity contribution in [3.8, 4) is 0 Å². The molecule has 1 N–H and O–H groups in total. The molecule has 2 heterocycles. The lowest BCUT2D eigenvalue weighted by molar-refractivity contribution is -0.146.